The minimum absolute atomic E-state index is 0.00427. The maximum atomic E-state index is 12.9. The lowest BCUT2D eigenvalue weighted by molar-refractivity contribution is 0.0954. The Labute approximate surface area is 168 Å². The second-order valence-corrected chi connectivity index (χ2v) is 9.47. The van der Waals surface area contributed by atoms with Crippen LogP contribution in [0.4, 0.5) is 0 Å². The number of benzene rings is 1. The third-order valence-corrected chi connectivity index (χ3v) is 7.16. The summed E-state index contributed by atoms with van der Waals surface area (Å²) in [5.41, 5.74) is 3.78. The van der Waals surface area contributed by atoms with Crippen molar-refractivity contribution in [3.8, 4) is 0 Å². The van der Waals surface area contributed by atoms with Crippen LogP contribution in [0.3, 0.4) is 0 Å². The van der Waals surface area contributed by atoms with Crippen molar-refractivity contribution in [3.63, 3.8) is 0 Å². The number of likely N-dealkylation sites (tertiary alicyclic amines) is 1. The lowest BCUT2D eigenvalue weighted by Crippen LogP contribution is -2.44. The van der Waals surface area contributed by atoms with E-state index in [-0.39, 0.29) is 16.8 Å². The van der Waals surface area contributed by atoms with Crippen LogP contribution in [0.5, 0.6) is 0 Å². The van der Waals surface area contributed by atoms with Crippen LogP contribution < -0.4 is 5.43 Å². The number of nitrogens with zero attached hydrogens (tertiary/aromatic N) is 3. The van der Waals surface area contributed by atoms with Gasteiger partial charge in [-0.3, -0.25) is 4.79 Å². The molecule has 0 aliphatic carbocycles. The number of piperidine rings is 1. The molecule has 1 N–H and O–H groups in total. The molecule has 1 amide bonds. The number of carbonyl (C=O) groups is 1. The molecule has 1 aliphatic heterocycles. The van der Waals surface area contributed by atoms with Crippen molar-refractivity contribution in [1.29, 1.82) is 0 Å². The minimum atomic E-state index is -3.58. The molecule has 0 bridgehead atoms. The number of amides is 1. The Morgan fingerprint density at radius 1 is 1.25 bits per heavy atom. The van der Waals surface area contributed by atoms with Crippen molar-refractivity contribution >= 4 is 21.6 Å². The average molecular weight is 409 g/mol. The Hall–Kier alpha value is -1.77. The van der Waals surface area contributed by atoms with Crippen LogP contribution in [0.2, 0.25) is 0 Å². The van der Waals surface area contributed by atoms with Gasteiger partial charge in [-0.05, 0) is 77.0 Å². The molecule has 1 heterocycles. The fraction of sp³-hybridized carbons (Fsp3) is 0.600. The zero-order chi connectivity index (χ0) is 20.7. The van der Waals surface area contributed by atoms with Crippen LogP contribution in [0.25, 0.3) is 0 Å². The van der Waals surface area contributed by atoms with Gasteiger partial charge in [0.05, 0.1) is 4.90 Å². The van der Waals surface area contributed by atoms with E-state index in [4.69, 9.17) is 0 Å². The highest BCUT2D eigenvalue weighted by Crippen LogP contribution is 2.22. The Morgan fingerprint density at radius 3 is 2.43 bits per heavy atom. The number of sulfonamides is 1. The summed E-state index contributed by atoms with van der Waals surface area (Å²) in [5.74, 6) is -0.344. The second-order valence-electron chi connectivity index (χ2n) is 7.47. The van der Waals surface area contributed by atoms with Gasteiger partial charge >= 0.3 is 0 Å². The molecule has 1 aliphatic rings. The van der Waals surface area contributed by atoms with Crippen LogP contribution in [-0.2, 0) is 10.0 Å². The SMILES string of the molecule is CCCC/C(C)=N\NC(=O)c1ccc(S(=O)(=O)N(C)C2CCN(C)CC2)cc1. The molecule has 1 aromatic carbocycles. The zero-order valence-corrected chi connectivity index (χ0v) is 18.1. The van der Waals surface area contributed by atoms with Crippen LogP contribution >= 0.6 is 0 Å². The van der Waals surface area contributed by atoms with Crippen molar-refractivity contribution in [2.75, 3.05) is 27.2 Å². The number of nitrogens with one attached hydrogen (secondary N) is 1. The molecule has 2 rings (SSSR count). The monoisotopic (exact) mass is 408 g/mol. The molecular weight excluding hydrogens is 376 g/mol. The minimum Gasteiger partial charge on any atom is -0.306 e. The van der Waals surface area contributed by atoms with Crippen LogP contribution in [0.15, 0.2) is 34.3 Å². The van der Waals surface area contributed by atoms with Gasteiger partial charge in [0.15, 0.2) is 0 Å². The Bertz CT molecular complexity index is 782. The summed E-state index contributed by atoms with van der Waals surface area (Å²) in [6, 6.07) is 6.04. The number of hydrogen-bond donors (Lipinski definition) is 1. The quantitative estimate of drug-likeness (QED) is 0.530. The number of rotatable bonds is 8. The highest BCUT2D eigenvalue weighted by molar-refractivity contribution is 7.89. The summed E-state index contributed by atoms with van der Waals surface area (Å²) in [7, 11) is 0.105. The average Bonchev–Trinajstić information content (AvgIpc) is 2.70. The number of hydrogen-bond acceptors (Lipinski definition) is 5. The molecule has 1 fully saturated rings. The molecule has 1 aromatic rings. The van der Waals surface area contributed by atoms with E-state index in [1.807, 2.05) is 14.0 Å². The molecule has 1 saturated heterocycles. The molecule has 0 aromatic heterocycles. The smallest absolute Gasteiger partial charge is 0.271 e. The Morgan fingerprint density at radius 2 is 1.86 bits per heavy atom. The van der Waals surface area contributed by atoms with E-state index in [9.17, 15) is 13.2 Å². The zero-order valence-electron chi connectivity index (χ0n) is 17.3. The van der Waals surface area contributed by atoms with E-state index in [0.29, 0.717) is 5.56 Å². The van der Waals surface area contributed by atoms with Gasteiger partial charge in [0.25, 0.3) is 5.91 Å². The third-order valence-electron chi connectivity index (χ3n) is 5.24. The molecule has 0 unspecified atom stereocenters. The van der Waals surface area contributed by atoms with Crippen LogP contribution in [-0.4, -0.2) is 62.5 Å². The normalized spacial score (nSPS) is 17.1. The van der Waals surface area contributed by atoms with E-state index in [2.05, 4.69) is 22.4 Å². The van der Waals surface area contributed by atoms with Crippen molar-refractivity contribution in [2.24, 2.45) is 5.10 Å². The predicted molar refractivity (Wildman–Crippen MR) is 112 cm³/mol. The summed E-state index contributed by atoms with van der Waals surface area (Å²) in [5, 5.41) is 4.09. The van der Waals surface area contributed by atoms with Gasteiger partial charge in [-0.1, -0.05) is 13.3 Å². The molecule has 0 radical (unpaired) electrons. The van der Waals surface area contributed by atoms with E-state index in [1.165, 1.54) is 28.6 Å². The first-order valence-electron chi connectivity index (χ1n) is 9.85. The van der Waals surface area contributed by atoms with E-state index in [1.54, 1.807) is 7.05 Å². The van der Waals surface area contributed by atoms with Crippen LogP contribution in [0.1, 0.15) is 56.3 Å². The maximum absolute atomic E-state index is 12.9. The van der Waals surface area contributed by atoms with E-state index >= 15 is 0 Å². The van der Waals surface area contributed by atoms with Crippen molar-refractivity contribution in [1.82, 2.24) is 14.6 Å². The van der Waals surface area contributed by atoms with Gasteiger partial charge in [0.2, 0.25) is 10.0 Å². The van der Waals surface area contributed by atoms with Crippen molar-refractivity contribution in [2.45, 2.75) is 56.9 Å². The standard InChI is InChI=1S/C20H32N4O3S/c1-5-6-7-16(2)21-22-20(25)17-8-10-19(11-9-17)28(26,27)24(4)18-12-14-23(3)15-13-18/h8-11,18H,5-7,12-15H2,1-4H3,(H,22,25)/b21-16-. The molecule has 0 atom stereocenters. The summed E-state index contributed by atoms with van der Waals surface area (Å²) in [4.78, 5) is 14.6. The summed E-state index contributed by atoms with van der Waals surface area (Å²) >= 11 is 0. The summed E-state index contributed by atoms with van der Waals surface area (Å²) < 4.78 is 27.3. The van der Waals surface area contributed by atoms with Gasteiger partial charge in [0.1, 0.15) is 0 Å². The number of unbranched alkanes of at least 4 members (excludes halogenated alkanes) is 1. The third kappa shape index (κ3) is 5.86. The van der Waals surface area contributed by atoms with Gasteiger partial charge in [-0.25, -0.2) is 13.8 Å². The molecule has 0 saturated carbocycles. The van der Waals surface area contributed by atoms with Crippen LogP contribution in [0, 0.1) is 0 Å². The first-order valence-corrected chi connectivity index (χ1v) is 11.3. The molecule has 0 spiro atoms. The number of carbonyl (C=O) groups excluding carboxylic acids is 1. The van der Waals surface area contributed by atoms with Gasteiger partial charge in [-0.15, -0.1) is 0 Å². The Balaban J connectivity index is 2.03. The molecule has 28 heavy (non-hydrogen) atoms. The lowest BCUT2D eigenvalue weighted by Gasteiger charge is -2.34. The largest absolute Gasteiger partial charge is 0.306 e. The van der Waals surface area contributed by atoms with Crippen molar-refractivity contribution in [3.05, 3.63) is 29.8 Å². The topological polar surface area (TPSA) is 82.1 Å². The first kappa shape index (κ1) is 22.5. The van der Waals surface area contributed by atoms with Gasteiger partial charge < -0.3 is 4.90 Å². The fourth-order valence-electron chi connectivity index (χ4n) is 3.20. The predicted octanol–water partition coefficient (Wildman–Crippen LogP) is 2.70. The molecule has 7 nitrogen and oxygen atoms in total. The first-order chi connectivity index (χ1) is 13.3. The summed E-state index contributed by atoms with van der Waals surface area (Å²) in [6.07, 6.45) is 4.59. The second kappa shape index (κ2) is 10.1. The molecule has 156 valence electrons. The maximum Gasteiger partial charge on any atom is 0.271 e. The van der Waals surface area contributed by atoms with E-state index in [0.717, 1.165) is 50.9 Å². The van der Waals surface area contributed by atoms with Gasteiger partial charge in [0, 0.05) is 24.4 Å². The lowest BCUT2D eigenvalue weighted by atomic mass is 10.1. The Kier molecular flexibility index (Phi) is 8.15. The van der Waals surface area contributed by atoms with Crippen molar-refractivity contribution < 1.29 is 13.2 Å². The summed E-state index contributed by atoms with van der Waals surface area (Å²) in [6.45, 7) is 5.76. The molecule has 8 heteroatoms. The van der Waals surface area contributed by atoms with Gasteiger partial charge in [-0.2, -0.15) is 9.41 Å². The highest BCUT2D eigenvalue weighted by Gasteiger charge is 2.30. The van der Waals surface area contributed by atoms with E-state index < -0.39 is 10.0 Å². The highest BCUT2D eigenvalue weighted by atomic mass is 32.2. The fourth-order valence-corrected chi connectivity index (χ4v) is 4.61. The number of hydrazone groups is 1. The molecular formula is C20H32N4O3S.